The molecule has 4 heteroatoms. The van der Waals surface area contributed by atoms with Crippen molar-refractivity contribution in [3.63, 3.8) is 0 Å². The van der Waals surface area contributed by atoms with Crippen LogP contribution in [0, 0.1) is 0 Å². The van der Waals surface area contributed by atoms with Gasteiger partial charge in [0, 0.05) is 24.2 Å². The number of rotatable bonds is 8. The van der Waals surface area contributed by atoms with Crippen molar-refractivity contribution < 1.29 is 9.59 Å². The SMILES string of the molecule is CCCCCC(=O)Nc1cccc(C(=O)NCCC)c1. The zero-order chi connectivity index (χ0) is 14.8. The van der Waals surface area contributed by atoms with Crippen molar-refractivity contribution in [2.75, 3.05) is 11.9 Å². The molecule has 0 aliphatic heterocycles. The number of nitrogens with one attached hydrogen (secondary N) is 2. The van der Waals surface area contributed by atoms with Crippen LogP contribution < -0.4 is 10.6 Å². The molecular weight excluding hydrogens is 252 g/mol. The largest absolute Gasteiger partial charge is 0.352 e. The molecule has 0 bridgehead atoms. The minimum atomic E-state index is -0.103. The lowest BCUT2D eigenvalue weighted by molar-refractivity contribution is -0.116. The van der Waals surface area contributed by atoms with Gasteiger partial charge < -0.3 is 10.6 Å². The topological polar surface area (TPSA) is 58.2 Å². The first-order valence-corrected chi connectivity index (χ1v) is 7.35. The first kappa shape index (κ1) is 16.2. The third-order valence-electron chi connectivity index (χ3n) is 2.95. The highest BCUT2D eigenvalue weighted by molar-refractivity contribution is 5.97. The molecule has 1 aromatic carbocycles. The fourth-order valence-corrected chi connectivity index (χ4v) is 1.84. The lowest BCUT2D eigenvalue weighted by Crippen LogP contribution is -2.24. The molecule has 20 heavy (non-hydrogen) atoms. The lowest BCUT2D eigenvalue weighted by atomic mass is 10.1. The van der Waals surface area contributed by atoms with Crippen molar-refractivity contribution in [2.45, 2.75) is 46.0 Å². The molecule has 0 fully saturated rings. The molecule has 0 aliphatic carbocycles. The van der Waals surface area contributed by atoms with E-state index in [4.69, 9.17) is 0 Å². The van der Waals surface area contributed by atoms with E-state index in [2.05, 4.69) is 17.6 Å². The summed E-state index contributed by atoms with van der Waals surface area (Å²) in [6, 6.07) is 7.04. The monoisotopic (exact) mass is 276 g/mol. The summed E-state index contributed by atoms with van der Waals surface area (Å²) < 4.78 is 0. The molecule has 0 saturated heterocycles. The highest BCUT2D eigenvalue weighted by Gasteiger charge is 2.07. The molecule has 0 radical (unpaired) electrons. The Labute approximate surface area is 121 Å². The van der Waals surface area contributed by atoms with Crippen molar-refractivity contribution in [3.05, 3.63) is 29.8 Å². The number of carbonyl (C=O) groups is 2. The summed E-state index contributed by atoms with van der Waals surface area (Å²) in [6.45, 7) is 4.77. The van der Waals surface area contributed by atoms with Crippen LogP contribution in [0.15, 0.2) is 24.3 Å². The van der Waals surface area contributed by atoms with Gasteiger partial charge in [-0.25, -0.2) is 0 Å². The molecular formula is C16H24N2O2. The van der Waals surface area contributed by atoms with Gasteiger partial charge in [-0.1, -0.05) is 32.8 Å². The number of anilines is 1. The van der Waals surface area contributed by atoms with Crippen molar-refractivity contribution in [2.24, 2.45) is 0 Å². The molecule has 0 aliphatic rings. The summed E-state index contributed by atoms with van der Waals surface area (Å²) in [5.41, 5.74) is 1.25. The fourth-order valence-electron chi connectivity index (χ4n) is 1.84. The van der Waals surface area contributed by atoms with E-state index in [0.29, 0.717) is 24.2 Å². The Bertz CT molecular complexity index is 444. The van der Waals surface area contributed by atoms with Crippen LogP contribution in [0.5, 0.6) is 0 Å². The van der Waals surface area contributed by atoms with Crippen LogP contribution in [-0.2, 0) is 4.79 Å². The molecule has 1 aromatic rings. The summed E-state index contributed by atoms with van der Waals surface area (Å²) in [5, 5.41) is 5.65. The first-order valence-electron chi connectivity index (χ1n) is 7.35. The van der Waals surface area contributed by atoms with Gasteiger partial charge in [0.25, 0.3) is 5.91 Å². The van der Waals surface area contributed by atoms with Gasteiger partial charge in [0.1, 0.15) is 0 Å². The van der Waals surface area contributed by atoms with E-state index < -0.39 is 0 Å². The molecule has 0 aromatic heterocycles. The Hall–Kier alpha value is -1.84. The van der Waals surface area contributed by atoms with Crippen molar-refractivity contribution in [3.8, 4) is 0 Å². The average Bonchev–Trinajstić information content (AvgIpc) is 2.45. The van der Waals surface area contributed by atoms with E-state index >= 15 is 0 Å². The maximum atomic E-state index is 11.8. The second-order valence-corrected chi connectivity index (χ2v) is 4.84. The number of hydrogen-bond acceptors (Lipinski definition) is 2. The lowest BCUT2D eigenvalue weighted by Gasteiger charge is -2.08. The number of carbonyl (C=O) groups excluding carboxylic acids is 2. The molecule has 0 spiro atoms. The smallest absolute Gasteiger partial charge is 0.251 e. The van der Waals surface area contributed by atoms with Gasteiger partial charge in [-0.05, 0) is 31.0 Å². The number of hydrogen-bond donors (Lipinski definition) is 2. The molecule has 1 rings (SSSR count). The summed E-state index contributed by atoms with van der Waals surface area (Å²) in [4.78, 5) is 23.6. The standard InChI is InChI=1S/C16H24N2O2/c1-3-5-6-10-15(19)18-14-9-7-8-13(12-14)16(20)17-11-4-2/h7-9,12H,3-6,10-11H2,1-2H3,(H,17,20)(H,18,19). The average molecular weight is 276 g/mol. The molecule has 2 N–H and O–H groups in total. The molecule has 0 saturated carbocycles. The van der Waals surface area contributed by atoms with E-state index in [1.54, 1.807) is 24.3 Å². The second-order valence-electron chi connectivity index (χ2n) is 4.84. The minimum Gasteiger partial charge on any atom is -0.352 e. The van der Waals surface area contributed by atoms with Crippen molar-refractivity contribution in [1.29, 1.82) is 0 Å². The Kier molecular flexibility index (Phi) is 7.40. The van der Waals surface area contributed by atoms with Crippen LogP contribution in [0.1, 0.15) is 56.3 Å². The molecule has 0 atom stereocenters. The Balaban J connectivity index is 2.54. The highest BCUT2D eigenvalue weighted by Crippen LogP contribution is 2.12. The fraction of sp³-hybridized carbons (Fsp3) is 0.500. The summed E-state index contributed by atoms with van der Waals surface area (Å²) >= 11 is 0. The van der Waals surface area contributed by atoms with Crippen LogP contribution in [0.25, 0.3) is 0 Å². The zero-order valence-corrected chi connectivity index (χ0v) is 12.4. The maximum absolute atomic E-state index is 11.8. The predicted octanol–water partition coefficient (Wildman–Crippen LogP) is 3.35. The molecule has 0 heterocycles. The molecule has 110 valence electrons. The van der Waals surface area contributed by atoms with Crippen LogP contribution in [-0.4, -0.2) is 18.4 Å². The normalized spacial score (nSPS) is 10.1. The number of unbranched alkanes of at least 4 members (excludes halogenated alkanes) is 2. The maximum Gasteiger partial charge on any atom is 0.251 e. The van der Waals surface area contributed by atoms with Crippen LogP contribution in [0.2, 0.25) is 0 Å². The molecule has 0 unspecified atom stereocenters. The van der Waals surface area contributed by atoms with Gasteiger partial charge in [0.05, 0.1) is 0 Å². The van der Waals surface area contributed by atoms with E-state index in [1.165, 1.54) is 0 Å². The zero-order valence-electron chi connectivity index (χ0n) is 12.4. The molecule has 2 amide bonds. The Morgan fingerprint density at radius 2 is 1.90 bits per heavy atom. The first-order chi connectivity index (χ1) is 9.67. The van der Waals surface area contributed by atoms with Crippen molar-refractivity contribution >= 4 is 17.5 Å². The highest BCUT2D eigenvalue weighted by atomic mass is 16.2. The van der Waals surface area contributed by atoms with E-state index in [9.17, 15) is 9.59 Å². The van der Waals surface area contributed by atoms with E-state index in [-0.39, 0.29) is 11.8 Å². The Morgan fingerprint density at radius 1 is 1.10 bits per heavy atom. The third-order valence-corrected chi connectivity index (χ3v) is 2.95. The second kappa shape index (κ2) is 9.13. The van der Waals surface area contributed by atoms with Crippen LogP contribution >= 0.6 is 0 Å². The van der Waals surface area contributed by atoms with Crippen LogP contribution in [0.4, 0.5) is 5.69 Å². The third kappa shape index (κ3) is 5.87. The van der Waals surface area contributed by atoms with Gasteiger partial charge >= 0.3 is 0 Å². The van der Waals surface area contributed by atoms with Gasteiger partial charge in [-0.3, -0.25) is 9.59 Å². The van der Waals surface area contributed by atoms with E-state index in [0.717, 1.165) is 25.7 Å². The van der Waals surface area contributed by atoms with Gasteiger partial charge in [0.2, 0.25) is 5.91 Å². The predicted molar refractivity (Wildman–Crippen MR) is 81.8 cm³/mol. The summed E-state index contributed by atoms with van der Waals surface area (Å²) in [5.74, 6) is -0.0986. The van der Waals surface area contributed by atoms with Gasteiger partial charge in [0.15, 0.2) is 0 Å². The van der Waals surface area contributed by atoms with Crippen LogP contribution in [0.3, 0.4) is 0 Å². The number of benzene rings is 1. The van der Waals surface area contributed by atoms with E-state index in [1.807, 2.05) is 6.92 Å². The van der Waals surface area contributed by atoms with Gasteiger partial charge in [-0.15, -0.1) is 0 Å². The summed E-state index contributed by atoms with van der Waals surface area (Å²) in [7, 11) is 0. The van der Waals surface area contributed by atoms with Crippen molar-refractivity contribution in [1.82, 2.24) is 5.32 Å². The quantitative estimate of drug-likeness (QED) is 0.715. The summed E-state index contributed by atoms with van der Waals surface area (Å²) in [6.07, 6.45) is 4.49. The minimum absolute atomic E-state index is 0.00423. The Morgan fingerprint density at radius 3 is 2.60 bits per heavy atom. The van der Waals surface area contributed by atoms with Gasteiger partial charge in [-0.2, -0.15) is 0 Å². The number of amides is 2. The molecule has 4 nitrogen and oxygen atoms in total.